The van der Waals surface area contributed by atoms with Crippen molar-refractivity contribution < 1.29 is 14.3 Å². The summed E-state index contributed by atoms with van der Waals surface area (Å²) in [7, 11) is 0. The highest BCUT2D eigenvalue weighted by Gasteiger charge is 2.35. The fourth-order valence-corrected chi connectivity index (χ4v) is 3.37. The lowest BCUT2D eigenvalue weighted by Crippen LogP contribution is -2.39. The molecule has 2 aliphatic rings. The van der Waals surface area contributed by atoms with E-state index in [1.807, 2.05) is 24.7 Å². The summed E-state index contributed by atoms with van der Waals surface area (Å²) in [5.41, 5.74) is 0.770. The van der Waals surface area contributed by atoms with Crippen LogP contribution in [0.1, 0.15) is 32.7 Å². The first kappa shape index (κ1) is 18.8. The van der Waals surface area contributed by atoms with Crippen molar-refractivity contribution in [1.29, 1.82) is 0 Å². The minimum Gasteiger partial charge on any atom is -0.379 e. The molecule has 26 heavy (non-hydrogen) atoms. The first-order valence-electron chi connectivity index (χ1n) is 9.47. The van der Waals surface area contributed by atoms with Crippen molar-refractivity contribution >= 4 is 17.5 Å². The molecule has 1 atom stereocenters. The van der Waals surface area contributed by atoms with Gasteiger partial charge in [-0.3, -0.25) is 19.2 Å². The molecule has 2 amide bonds. The van der Waals surface area contributed by atoms with E-state index >= 15 is 0 Å². The van der Waals surface area contributed by atoms with Crippen molar-refractivity contribution in [3.05, 3.63) is 12.4 Å². The molecule has 0 unspecified atom stereocenters. The topological polar surface area (TPSA) is 79.7 Å². The molecule has 0 saturated carbocycles. The zero-order chi connectivity index (χ0) is 18.5. The molecule has 8 nitrogen and oxygen atoms in total. The van der Waals surface area contributed by atoms with E-state index in [2.05, 4.69) is 15.3 Å². The minimum absolute atomic E-state index is 0.0122. The Labute approximate surface area is 154 Å². The van der Waals surface area contributed by atoms with E-state index in [-0.39, 0.29) is 30.2 Å². The van der Waals surface area contributed by atoms with Crippen LogP contribution in [0.3, 0.4) is 0 Å². The second kappa shape index (κ2) is 8.64. The van der Waals surface area contributed by atoms with Gasteiger partial charge in [0.2, 0.25) is 11.8 Å². The zero-order valence-corrected chi connectivity index (χ0v) is 15.7. The van der Waals surface area contributed by atoms with Crippen LogP contribution < -0.4 is 10.2 Å². The van der Waals surface area contributed by atoms with Gasteiger partial charge in [-0.25, -0.2) is 0 Å². The Balaban J connectivity index is 1.43. The Kier molecular flexibility index (Phi) is 6.26. The molecule has 1 aromatic heterocycles. The molecule has 3 heterocycles. The highest BCUT2D eigenvalue weighted by atomic mass is 16.5. The molecule has 1 aromatic rings. The number of rotatable bonds is 7. The molecule has 3 rings (SSSR count). The van der Waals surface area contributed by atoms with Crippen molar-refractivity contribution in [2.75, 3.05) is 50.8 Å². The van der Waals surface area contributed by atoms with E-state index in [0.717, 1.165) is 45.0 Å². The number of aromatic nitrogens is 2. The highest BCUT2D eigenvalue weighted by Crippen LogP contribution is 2.25. The molecular weight excluding hydrogens is 334 g/mol. The molecule has 0 bridgehead atoms. The number of ether oxygens (including phenoxy) is 1. The van der Waals surface area contributed by atoms with E-state index < -0.39 is 0 Å². The van der Waals surface area contributed by atoms with Gasteiger partial charge in [-0.05, 0) is 26.8 Å². The van der Waals surface area contributed by atoms with E-state index in [4.69, 9.17) is 4.74 Å². The third-order valence-corrected chi connectivity index (χ3v) is 4.98. The maximum Gasteiger partial charge on any atom is 0.227 e. The molecule has 144 valence electrons. The van der Waals surface area contributed by atoms with Gasteiger partial charge in [0, 0.05) is 44.8 Å². The third-order valence-electron chi connectivity index (χ3n) is 4.98. The van der Waals surface area contributed by atoms with Gasteiger partial charge in [-0.1, -0.05) is 0 Å². The summed E-state index contributed by atoms with van der Waals surface area (Å²) in [6.07, 6.45) is 4.74. The molecule has 8 heteroatoms. The smallest absolute Gasteiger partial charge is 0.227 e. The van der Waals surface area contributed by atoms with Crippen LogP contribution in [-0.2, 0) is 14.3 Å². The van der Waals surface area contributed by atoms with Crippen molar-refractivity contribution in [3.8, 4) is 0 Å². The molecule has 1 N–H and O–H groups in total. The summed E-state index contributed by atoms with van der Waals surface area (Å²) in [5.74, 6) is -0.325. The third kappa shape index (κ3) is 4.62. The number of amides is 2. The van der Waals surface area contributed by atoms with Crippen LogP contribution in [0.2, 0.25) is 0 Å². The number of hydrogen-bond acceptors (Lipinski definition) is 5. The second-order valence-corrected chi connectivity index (χ2v) is 7.28. The molecule has 0 spiro atoms. The van der Waals surface area contributed by atoms with Gasteiger partial charge in [0.15, 0.2) is 0 Å². The maximum atomic E-state index is 12.4. The standard InChI is InChI=1S/C18H29N5O3/c1-14(2)23-13-16(11-20-23)22-12-15(10-17(22)24)18(25)19-4-3-5-21-6-8-26-9-7-21/h11,13-15H,3-10,12H2,1-2H3,(H,19,25)/t15-/m0/s1. The van der Waals surface area contributed by atoms with Gasteiger partial charge in [0.1, 0.15) is 0 Å². The Bertz CT molecular complexity index is 624. The summed E-state index contributed by atoms with van der Waals surface area (Å²) < 4.78 is 7.15. The summed E-state index contributed by atoms with van der Waals surface area (Å²) in [6, 6.07) is 0.243. The quantitative estimate of drug-likeness (QED) is 0.720. The van der Waals surface area contributed by atoms with Crippen LogP contribution in [0.25, 0.3) is 0 Å². The van der Waals surface area contributed by atoms with Crippen molar-refractivity contribution in [2.45, 2.75) is 32.7 Å². The molecule has 0 aliphatic carbocycles. The second-order valence-electron chi connectivity index (χ2n) is 7.28. The lowest BCUT2D eigenvalue weighted by atomic mass is 10.1. The van der Waals surface area contributed by atoms with Gasteiger partial charge < -0.3 is 15.0 Å². The maximum absolute atomic E-state index is 12.4. The van der Waals surface area contributed by atoms with Gasteiger partial charge in [-0.15, -0.1) is 0 Å². The predicted octanol–water partition coefficient (Wildman–Crippen LogP) is 0.655. The normalized spacial score (nSPS) is 21.6. The number of carbonyl (C=O) groups is 2. The van der Waals surface area contributed by atoms with Crippen molar-refractivity contribution in [2.24, 2.45) is 5.92 Å². The van der Waals surface area contributed by atoms with Crippen LogP contribution in [0, 0.1) is 5.92 Å². The summed E-state index contributed by atoms with van der Waals surface area (Å²) in [5, 5.41) is 7.26. The first-order valence-corrected chi connectivity index (χ1v) is 9.47. The molecular formula is C18H29N5O3. The van der Waals surface area contributed by atoms with Crippen molar-refractivity contribution in [1.82, 2.24) is 20.0 Å². The summed E-state index contributed by atoms with van der Waals surface area (Å²) in [4.78, 5) is 28.7. The molecule has 2 aliphatic heterocycles. The molecule has 0 radical (unpaired) electrons. The number of carbonyl (C=O) groups excluding carboxylic acids is 2. The largest absolute Gasteiger partial charge is 0.379 e. The predicted molar refractivity (Wildman–Crippen MR) is 98.0 cm³/mol. The molecule has 2 saturated heterocycles. The monoisotopic (exact) mass is 363 g/mol. The Morgan fingerprint density at radius 2 is 2.15 bits per heavy atom. The van der Waals surface area contributed by atoms with Crippen LogP contribution >= 0.6 is 0 Å². The van der Waals surface area contributed by atoms with Crippen LogP contribution in [-0.4, -0.2) is 72.4 Å². The van der Waals surface area contributed by atoms with E-state index in [9.17, 15) is 9.59 Å². The van der Waals surface area contributed by atoms with Crippen molar-refractivity contribution in [3.63, 3.8) is 0 Å². The molecule has 2 fully saturated rings. The fourth-order valence-electron chi connectivity index (χ4n) is 3.37. The van der Waals surface area contributed by atoms with Gasteiger partial charge >= 0.3 is 0 Å². The number of hydrogen-bond donors (Lipinski definition) is 1. The van der Waals surface area contributed by atoms with E-state index in [1.54, 1.807) is 11.1 Å². The Morgan fingerprint density at radius 3 is 2.85 bits per heavy atom. The van der Waals surface area contributed by atoms with Gasteiger partial charge in [0.05, 0.1) is 31.0 Å². The van der Waals surface area contributed by atoms with Gasteiger partial charge in [-0.2, -0.15) is 5.10 Å². The lowest BCUT2D eigenvalue weighted by Gasteiger charge is -2.26. The number of anilines is 1. The van der Waals surface area contributed by atoms with E-state index in [1.165, 1.54) is 0 Å². The fraction of sp³-hybridized carbons (Fsp3) is 0.722. The highest BCUT2D eigenvalue weighted by molar-refractivity contribution is 6.00. The van der Waals surface area contributed by atoms with Crippen LogP contribution in [0.4, 0.5) is 5.69 Å². The number of nitrogens with one attached hydrogen (secondary N) is 1. The summed E-state index contributed by atoms with van der Waals surface area (Å²) in [6.45, 7) is 9.62. The number of morpholine rings is 1. The Morgan fingerprint density at radius 1 is 1.38 bits per heavy atom. The first-order chi connectivity index (χ1) is 12.5. The zero-order valence-electron chi connectivity index (χ0n) is 15.7. The average molecular weight is 363 g/mol. The van der Waals surface area contributed by atoms with E-state index in [0.29, 0.717) is 13.1 Å². The van der Waals surface area contributed by atoms with Gasteiger partial charge in [0.25, 0.3) is 0 Å². The SMILES string of the molecule is CC(C)n1cc(N2C[C@@H](C(=O)NCCCN3CCOCC3)CC2=O)cn1. The minimum atomic E-state index is -0.284. The average Bonchev–Trinajstić information content (AvgIpc) is 3.26. The number of nitrogens with zero attached hydrogens (tertiary/aromatic N) is 4. The lowest BCUT2D eigenvalue weighted by molar-refractivity contribution is -0.126. The summed E-state index contributed by atoms with van der Waals surface area (Å²) >= 11 is 0. The van der Waals surface area contributed by atoms with Crippen LogP contribution in [0.5, 0.6) is 0 Å². The Hall–Kier alpha value is -1.93. The van der Waals surface area contributed by atoms with Crippen LogP contribution in [0.15, 0.2) is 12.4 Å². The molecule has 0 aromatic carbocycles.